The van der Waals surface area contributed by atoms with Gasteiger partial charge in [-0.3, -0.25) is 9.59 Å². The van der Waals surface area contributed by atoms with Crippen molar-refractivity contribution in [1.29, 1.82) is 0 Å². The highest BCUT2D eigenvalue weighted by atomic mass is 19.1. The maximum Gasteiger partial charge on any atom is 0.312 e. The van der Waals surface area contributed by atoms with Crippen LogP contribution in [0.2, 0.25) is 0 Å². The molecule has 7 heteroatoms. The first kappa shape index (κ1) is 15.3. The molecule has 98 valence electrons. The molecule has 1 atom stereocenters. The second kappa shape index (κ2) is 6.17. The number of amides is 1. The molecule has 0 aromatic heterocycles. The predicted octanol–water partition coefficient (Wildman–Crippen LogP) is 0.695. The summed E-state index contributed by atoms with van der Waals surface area (Å²) in [4.78, 5) is 23.2. The Bertz CT molecular complexity index is 328. The van der Waals surface area contributed by atoms with Gasteiger partial charge in [0.15, 0.2) is 0 Å². The molecule has 6 nitrogen and oxygen atoms in total. The molecule has 0 saturated carbocycles. The molecule has 1 unspecified atom stereocenters. The van der Waals surface area contributed by atoms with E-state index in [1.165, 1.54) is 20.9 Å². The van der Waals surface area contributed by atoms with Crippen LogP contribution in [0.4, 0.5) is 4.39 Å². The second-order valence-corrected chi connectivity index (χ2v) is 3.91. The van der Waals surface area contributed by atoms with E-state index in [0.717, 1.165) is 0 Å². The SMILES string of the molecule is CCOC(=O)C(C)(C)C(C(=O)NC)C(F)=NO. The van der Waals surface area contributed by atoms with Crippen molar-refractivity contribution >= 4 is 17.8 Å². The maximum atomic E-state index is 13.4. The number of carbonyl (C=O) groups is 2. The van der Waals surface area contributed by atoms with Crippen LogP contribution in [0.3, 0.4) is 0 Å². The van der Waals surface area contributed by atoms with Gasteiger partial charge in [0.1, 0.15) is 5.92 Å². The molecular weight excluding hydrogens is 231 g/mol. The monoisotopic (exact) mass is 248 g/mol. The fraction of sp³-hybridized carbons (Fsp3) is 0.700. The van der Waals surface area contributed by atoms with Crippen molar-refractivity contribution < 1.29 is 23.9 Å². The van der Waals surface area contributed by atoms with E-state index in [-0.39, 0.29) is 6.61 Å². The fourth-order valence-electron chi connectivity index (χ4n) is 1.37. The van der Waals surface area contributed by atoms with Crippen molar-refractivity contribution in [2.75, 3.05) is 13.7 Å². The molecule has 0 saturated heterocycles. The van der Waals surface area contributed by atoms with E-state index in [0.29, 0.717) is 0 Å². The Hall–Kier alpha value is -1.66. The number of esters is 1. The van der Waals surface area contributed by atoms with E-state index in [9.17, 15) is 14.0 Å². The van der Waals surface area contributed by atoms with E-state index in [1.54, 1.807) is 6.92 Å². The topological polar surface area (TPSA) is 88.0 Å². The first-order chi connectivity index (χ1) is 7.82. The highest BCUT2D eigenvalue weighted by Crippen LogP contribution is 2.30. The minimum atomic E-state index is -1.53. The van der Waals surface area contributed by atoms with E-state index in [4.69, 9.17) is 9.94 Å². The van der Waals surface area contributed by atoms with Crippen LogP contribution in [-0.4, -0.2) is 36.7 Å². The van der Waals surface area contributed by atoms with Gasteiger partial charge in [-0.15, -0.1) is 0 Å². The van der Waals surface area contributed by atoms with Crippen molar-refractivity contribution in [3.8, 4) is 0 Å². The van der Waals surface area contributed by atoms with Crippen molar-refractivity contribution in [2.45, 2.75) is 20.8 Å². The summed E-state index contributed by atoms with van der Waals surface area (Å²) in [6.45, 7) is 4.39. The van der Waals surface area contributed by atoms with E-state index in [1.807, 2.05) is 0 Å². The van der Waals surface area contributed by atoms with Gasteiger partial charge in [-0.25, -0.2) is 0 Å². The number of hydrogen-bond donors (Lipinski definition) is 2. The third-order valence-corrected chi connectivity index (χ3v) is 2.37. The molecule has 0 spiro atoms. The summed E-state index contributed by atoms with van der Waals surface area (Å²) in [6, 6.07) is 0. The molecule has 0 fully saturated rings. The predicted molar refractivity (Wildman–Crippen MR) is 58.3 cm³/mol. The lowest BCUT2D eigenvalue weighted by Gasteiger charge is -2.28. The maximum absolute atomic E-state index is 13.4. The first-order valence-corrected chi connectivity index (χ1v) is 5.09. The lowest BCUT2D eigenvalue weighted by molar-refractivity contribution is -0.157. The van der Waals surface area contributed by atoms with Gasteiger partial charge in [0.2, 0.25) is 11.9 Å². The summed E-state index contributed by atoms with van der Waals surface area (Å²) in [5.74, 6) is -4.37. The largest absolute Gasteiger partial charge is 0.466 e. The molecular formula is C10H17FN2O4. The molecule has 0 aromatic carbocycles. The van der Waals surface area contributed by atoms with Gasteiger partial charge in [-0.1, -0.05) is 5.16 Å². The number of hydrogen-bond acceptors (Lipinski definition) is 5. The van der Waals surface area contributed by atoms with Gasteiger partial charge in [0, 0.05) is 7.05 Å². The minimum absolute atomic E-state index is 0.112. The zero-order valence-electron chi connectivity index (χ0n) is 10.3. The fourth-order valence-corrected chi connectivity index (χ4v) is 1.37. The number of nitrogens with one attached hydrogen (secondary N) is 1. The molecule has 0 aromatic rings. The zero-order chi connectivity index (χ0) is 13.6. The molecule has 0 aliphatic rings. The van der Waals surface area contributed by atoms with Crippen molar-refractivity contribution in [3.05, 3.63) is 0 Å². The van der Waals surface area contributed by atoms with Crippen LogP contribution in [0.5, 0.6) is 0 Å². The van der Waals surface area contributed by atoms with Crippen LogP contribution >= 0.6 is 0 Å². The Labute approximate surface area is 98.8 Å². The summed E-state index contributed by atoms with van der Waals surface area (Å²) in [7, 11) is 1.29. The van der Waals surface area contributed by atoms with Gasteiger partial charge in [0.05, 0.1) is 12.0 Å². The van der Waals surface area contributed by atoms with Gasteiger partial charge in [-0.2, -0.15) is 4.39 Å². The summed E-state index contributed by atoms with van der Waals surface area (Å²) < 4.78 is 18.1. The Balaban J connectivity index is 5.30. The highest BCUT2D eigenvalue weighted by Gasteiger charge is 2.46. The molecule has 0 aliphatic heterocycles. The lowest BCUT2D eigenvalue weighted by atomic mass is 9.78. The number of ether oxygens (including phenoxy) is 1. The molecule has 2 N–H and O–H groups in total. The zero-order valence-corrected chi connectivity index (χ0v) is 10.3. The Morgan fingerprint density at radius 3 is 2.41 bits per heavy atom. The number of halogens is 1. The van der Waals surface area contributed by atoms with Crippen LogP contribution in [0.25, 0.3) is 0 Å². The quantitative estimate of drug-likeness (QED) is 0.324. The molecule has 0 rings (SSSR count). The van der Waals surface area contributed by atoms with E-state index >= 15 is 0 Å². The van der Waals surface area contributed by atoms with Crippen molar-refractivity contribution in [2.24, 2.45) is 16.5 Å². The normalized spacial score (nSPS) is 14.1. The van der Waals surface area contributed by atoms with Crippen LogP contribution < -0.4 is 5.32 Å². The van der Waals surface area contributed by atoms with Gasteiger partial charge in [-0.05, 0) is 20.8 Å². The van der Waals surface area contributed by atoms with E-state index < -0.39 is 29.2 Å². The standard InChI is InChI=1S/C10H17FN2O4/c1-5-17-9(15)10(2,3)6(7(11)13-16)8(14)12-4/h6,16H,5H2,1-4H3,(H,12,14). The number of rotatable bonds is 5. The Morgan fingerprint density at radius 1 is 1.53 bits per heavy atom. The minimum Gasteiger partial charge on any atom is -0.466 e. The molecule has 1 amide bonds. The Morgan fingerprint density at radius 2 is 2.06 bits per heavy atom. The van der Waals surface area contributed by atoms with Crippen molar-refractivity contribution in [1.82, 2.24) is 5.32 Å². The third kappa shape index (κ3) is 3.40. The van der Waals surface area contributed by atoms with Crippen LogP contribution in [-0.2, 0) is 14.3 Å². The number of carbonyl (C=O) groups excluding carboxylic acids is 2. The third-order valence-electron chi connectivity index (χ3n) is 2.37. The summed E-state index contributed by atoms with van der Waals surface area (Å²) >= 11 is 0. The number of oxime groups is 1. The first-order valence-electron chi connectivity index (χ1n) is 5.09. The Kier molecular flexibility index (Phi) is 5.57. The molecule has 0 heterocycles. The second-order valence-electron chi connectivity index (χ2n) is 3.91. The average Bonchev–Trinajstić information content (AvgIpc) is 2.28. The molecule has 0 aliphatic carbocycles. The summed E-state index contributed by atoms with van der Waals surface area (Å²) in [5.41, 5.74) is -1.47. The van der Waals surface area contributed by atoms with Crippen molar-refractivity contribution in [3.63, 3.8) is 0 Å². The van der Waals surface area contributed by atoms with Crippen LogP contribution in [0.15, 0.2) is 5.16 Å². The molecule has 0 radical (unpaired) electrons. The van der Waals surface area contributed by atoms with Gasteiger partial charge < -0.3 is 15.3 Å². The number of nitrogens with zero attached hydrogens (tertiary/aromatic N) is 1. The summed E-state index contributed by atoms with van der Waals surface area (Å²) in [5, 5.41) is 13.0. The van der Waals surface area contributed by atoms with Crippen LogP contribution in [0, 0.1) is 11.3 Å². The lowest BCUT2D eigenvalue weighted by Crippen LogP contribution is -2.46. The highest BCUT2D eigenvalue weighted by molar-refractivity contribution is 6.04. The average molecular weight is 248 g/mol. The smallest absolute Gasteiger partial charge is 0.312 e. The van der Waals surface area contributed by atoms with Gasteiger partial charge >= 0.3 is 5.97 Å². The van der Waals surface area contributed by atoms with Gasteiger partial charge in [0.25, 0.3) is 0 Å². The van der Waals surface area contributed by atoms with Crippen LogP contribution in [0.1, 0.15) is 20.8 Å². The van der Waals surface area contributed by atoms with E-state index in [2.05, 4.69) is 10.5 Å². The molecule has 0 bridgehead atoms. The summed E-state index contributed by atoms with van der Waals surface area (Å²) in [6.07, 6.45) is 0. The molecule has 17 heavy (non-hydrogen) atoms.